The molecule has 0 aromatic heterocycles. The number of hydrogen-bond acceptors (Lipinski definition) is 4. The number of unbranched alkanes of at least 4 members (excludes halogenated alkanes) is 1. The third kappa shape index (κ3) is 6.06. The van der Waals surface area contributed by atoms with Gasteiger partial charge in [0.2, 0.25) is 0 Å². The maximum atomic E-state index is 11.8. The number of aliphatic imine (C=N–C) groups is 1. The summed E-state index contributed by atoms with van der Waals surface area (Å²) in [6, 6.07) is 12.3. The van der Waals surface area contributed by atoms with Gasteiger partial charge in [-0.3, -0.25) is 10.1 Å². The van der Waals surface area contributed by atoms with Crippen molar-refractivity contribution in [2.75, 3.05) is 11.9 Å². The molecule has 0 aliphatic rings. The second kappa shape index (κ2) is 9.17. The number of nitrogens with zero attached hydrogens (tertiary/aromatic N) is 2. The summed E-state index contributed by atoms with van der Waals surface area (Å²) in [5.74, 6) is 0.751. The minimum absolute atomic E-state index is 0.0113. The molecule has 0 aliphatic carbocycles. The molecule has 0 atom stereocenters. The smallest absolute Gasteiger partial charge is 0.345 e. The van der Waals surface area contributed by atoms with E-state index >= 15 is 0 Å². The Hall–Kier alpha value is -3.22. The molecular formula is C18H19N3O4. The summed E-state index contributed by atoms with van der Waals surface area (Å²) in [7, 11) is 0. The van der Waals surface area contributed by atoms with Crippen LogP contribution in [0.5, 0.6) is 5.75 Å². The van der Waals surface area contributed by atoms with Crippen LogP contribution in [0.25, 0.3) is 0 Å². The largest absolute Gasteiger partial charge is 0.494 e. The zero-order valence-corrected chi connectivity index (χ0v) is 13.8. The molecular weight excluding hydrogens is 322 g/mol. The monoisotopic (exact) mass is 341 g/mol. The first kappa shape index (κ1) is 18.1. The molecule has 25 heavy (non-hydrogen) atoms. The normalized spacial score (nSPS) is 10.6. The van der Waals surface area contributed by atoms with Gasteiger partial charge in [-0.05, 0) is 48.4 Å². The van der Waals surface area contributed by atoms with E-state index in [1.54, 1.807) is 24.3 Å². The molecule has 2 aromatic carbocycles. The molecule has 0 bridgehead atoms. The van der Waals surface area contributed by atoms with Crippen molar-refractivity contribution >= 4 is 23.6 Å². The molecule has 0 radical (unpaired) electrons. The lowest BCUT2D eigenvalue weighted by molar-refractivity contribution is -0.384. The highest BCUT2D eigenvalue weighted by Gasteiger charge is 2.03. The summed E-state index contributed by atoms with van der Waals surface area (Å²) >= 11 is 0. The number of non-ortho nitro benzene ring substituents is 1. The third-order valence-electron chi connectivity index (χ3n) is 3.31. The van der Waals surface area contributed by atoms with Crippen LogP contribution in [0.3, 0.4) is 0 Å². The number of carbonyl (C=O) groups is 1. The van der Waals surface area contributed by atoms with Crippen molar-refractivity contribution in [3.05, 3.63) is 64.2 Å². The Labute approximate surface area is 145 Å². The molecule has 0 heterocycles. The standard InChI is InChI=1S/C18H19N3O4/c1-2-3-12-25-17-10-6-15(7-11-17)20-18(22)19-13-14-4-8-16(9-5-14)21(23)24/h4-11,13H,2-3,12H2,1H3,(H,20,22)/b19-13+. The highest BCUT2D eigenvalue weighted by atomic mass is 16.6. The molecule has 7 nitrogen and oxygen atoms in total. The number of nitrogens with one attached hydrogen (secondary N) is 1. The Kier molecular flexibility index (Phi) is 6.65. The first-order valence-corrected chi connectivity index (χ1v) is 7.91. The van der Waals surface area contributed by atoms with E-state index in [4.69, 9.17) is 4.74 Å². The number of nitro groups is 1. The summed E-state index contributed by atoms with van der Waals surface area (Å²) in [5.41, 5.74) is 1.19. The van der Waals surface area contributed by atoms with Gasteiger partial charge in [0.1, 0.15) is 5.75 Å². The zero-order chi connectivity index (χ0) is 18.1. The van der Waals surface area contributed by atoms with Crippen molar-refractivity contribution in [3.63, 3.8) is 0 Å². The predicted molar refractivity (Wildman–Crippen MR) is 96.6 cm³/mol. The average molecular weight is 341 g/mol. The number of rotatable bonds is 7. The van der Waals surface area contributed by atoms with Gasteiger partial charge in [0, 0.05) is 24.0 Å². The molecule has 2 amide bonds. The number of nitro benzene ring substituents is 1. The van der Waals surface area contributed by atoms with Crippen LogP contribution in [0.4, 0.5) is 16.2 Å². The lowest BCUT2D eigenvalue weighted by Crippen LogP contribution is -2.06. The number of anilines is 1. The van der Waals surface area contributed by atoms with E-state index < -0.39 is 11.0 Å². The number of carbonyl (C=O) groups excluding carboxylic acids is 1. The molecule has 0 spiro atoms. The lowest BCUT2D eigenvalue weighted by Gasteiger charge is -2.06. The molecule has 2 rings (SSSR count). The van der Waals surface area contributed by atoms with Gasteiger partial charge in [-0.25, -0.2) is 9.79 Å². The second-order valence-corrected chi connectivity index (χ2v) is 5.26. The van der Waals surface area contributed by atoms with Crippen LogP contribution in [-0.4, -0.2) is 23.8 Å². The molecule has 0 saturated heterocycles. The van der Waals surface area contributed by atoms with E-state index in [1.807, 2.05) is 0 Å². The Morgan fingerprint density at radius 1 is 1.20 bits per heavy atom. The van der Waals surface area contributed by atoms with Gasteiger partial charge >= 0.3 is 6.03 Å². The molecule has 130 valence electrons. The maximum Gasteiger partial charge on any atom is 0.345 e. The Bertz CT molecular complexity index is 740. The fourth-order valence-electron chi connectivity index (χ4n) is 1.94. The van der Waals surface area contributed by atoms with Crippen LogP contribution in [0, 0.1) is 10.1 Å². The van der Waals surface area contributed by atoms with Crippen LogP contribution in [0.15, 0.2) is 53.5 Å². The van der Waals surface area contributed by atoms with Crippen LogP contribution < -0.4 is 10.1 Å². The molecule has 1 N–H and O–H groups in total. The average Bonchev–Trinajstić information content (AvgIpc) is 2.62. The van der Waals surface area contributed by atoms with Gasteiger partial charge in [0.15, 0.2) is 0 Å². The van der Waals surface area contributed by atoms with E-state index in [0.717, 1.165) is 18.6 Å². The first-order valence-electron chi connectivity index (χ1n) is 7.91. The van der Waals surface area contributed by atoms with Crippen molar-refractivity contribution in [2.24, 2.45) is 4.99 Å². The molecule has 0 unspecified atom stereocenters. The van der Waals surface area contributed by atoms with E-state index in [2.05, 4.69) is 17.2 Å². The molecule has 2 aromatic rings. The van der Waals surface area contributed by atoms with Gasteiger partial charge in [-0.15, -0.1) is 0 Å². The van der Waals surface area contributed by atoms with E-state index in [9.17, 15) is 14.9 Å². The fourth-order valence-corrected chi connectivity index (χ4v) is 1.94. The number of hydrogen-bond donors (Lipinski definition) is 1. The molecule has 7 heteroatoms. The van der Waals surface area contributed by atoms with Crippen LogP contribution in [0.2, 0.25) is 0 Å². The van der Waals surface area contributed by atoms with Crippen LogP contribution >= 0.6 is 0 Å². The summed E-state index contributed by atoms with van der Waals surface area (Å²) < 4.78 is 5.55. The van der Waals surface area contributed by atoms with Crippen molar-refractivity contribution < 1.29 is 14.5 Å². The van der Waals surface area contributed by atoms with Gasteiger partial charge in [0.25, 0.3) is 5.69 Å². The predicted octanol–water partition coefficient (Wildman–Crippen LogP) is 4.42. The summed E-state index contributed by atoms with van der Waals surface area (Å²) in [4.78, 5) is 25.7. The zero-order valence-electron chi connectivity index (χ0n) is 13.8. The van der Waals surface area contributed by atoms with Crippen molar-refractivity contribution in [1.82, 2.24) is 0 Å². The van der Waals surface area contributed by atoms with Crippen molar-refractivity contribution in [2.45, 2.75) is 19.8 Å². The van der Waals surface area contributed by atoms with Crippen LogP contribution in [-0.2, 0) is 0 Å². The third-order valence-corrected chi connectivity index (χ3v) is 3.31. The highest BCUT2D eigenvalue weighted by molar-refractivity contribution is 5.98. The Balaban J connectivity index is 1.87. The van der Waals surface area contributed by atoms with E-state index in [0.29, 0.717) is 17.9 Å². The summed E-state index contributed by atoms with van der Waals surface area (Å²) in [5, 5.41) is 13.2. The van der Waals surface area contributed by atoms with Crippen LogP contribution in [0.1, 0.15) is 25.3 Å². The fraction of sp³-hybridized carbons (Fsp3) is 0.222. The SMILES string of the molecule is CCCCOc1ccc(NC(=O)/N=C/c2ccc([N+](=O)[O-])cc2)cc1. The second-order valence-electron chi connectivity index (χ2n) is 5.26. The topological polar surface area (TPSA) is 93.8 Å². The summed E-state index contributed by atoms with van der Waals surface area (Å²) in [6.07, 6.45) is 3.41. The lowest BCUT2D eigenvalue weighted by atomic mass is 10.2. The summed E-state index contributed by atoms with van der Waals surface area (Å²) in [6.45, 7) is 2.76. The number of urea groups is 1. The Morgan fingerprint density at radius 3 is 2.48 bits per heavy atom. The minimum atomic E-state index is -0.530. The minimum Gasteiger partial charge on any atom is -0.494 e. The van der Waals surface area contributed by atoms with Crippen molar-refractivity contribution in [3.8, 4) is 5.75 Å². The van der Waals surface area contributed by atoms with E-state index in [-0.39, 0.29) is 5.69 Å². The van der Waals surface area contributed by atoms with Gasteiger partial charge in [-0.1, -0.05) is 13.3 Å². The highest BCUT2D eigenvalue weighted by Crippen LogP contribution is 2.16. The molecule has 0 aliphatic heterocycles. The molecule has 0 fully saturated rings. The Morgan fingerprint density at radius 2 is 1.88 bits per heavy atom. The van der Waals surface area contributed by atoms with Gasteiger partial charge in [-0.2, -0.15) is 0 Å². The number of benzene rings is 2. The number of amides is 2. The molecule has 0 saturated carbocycles. The quantitative estimate of drug-likeness (QED) is 0.349. The first-order chi connectivity index (χ1) is 12.1. The van der Waals surface area contributed by atoms with E-state index in [1.165, 1.54) is 30.5 Å². The van der Waals surface area contributed by atoms with Gasteiger partial charge < -0.3 is 10.1 Å². The number of ether oxygens (including phenoxy) is 1. The van der Waals surface area contributed by atoms with Crippen molar-refractivity contribution in [1.29, 1.82) is 0 Å². The van der Waals surface area contributed by atoms with Gasteiger partial charge in [0.05, 0.1) is 11.5 Å². The maximum absolute atomic E-state index is 11.8.